The van der Waals surface area contributed by atoms with Crippen LogP contribution in [0.4, 0.5) is 0 Å². The number of hydrogen-bond acceptors (Lipinski definition) is 2. The lowest BCUT2D eigenvalue weighted by atomic mass is 9.89. The minimum Gasteiger partial charge on any atom is -0.507 e. The molecule has 0 aromatic heterocycles. The van der Waals surface area contributed by atoms with E-state index in [-0.39, 0.29) is 6.04 Å². The Labute approximate surface area is 113 Å². The summed E-state index contributed by atoms with van der Waals surface area (Å²) in [5, 5.41) is 10.3. The lowest BCUT2D eigenvalue weighted by molar-refractivity contribution is 0.459. The molecule has 2 heteroatoms. The average molecular weight is 253 g/mol. The number of aryl methyl sites for hydroxylation is 2. The predicted molar refractivity (Wildman–Crippen MR) is 77.4 cm³/mol. The molecule has 0 aliphatic heterocycles. The first-order valence-electron chi connectivity index (χ1n) is 6.73. The second-order valence-corrected chi connectivity index (χ2v) is 5.49. The van der Waals surface area contributed by atoms with Gasteiger partial charge in [-0.25, -0.2) is 0 Å². The Hall–Kier alpha value is -1.80. The zero-order valence-corrected chi connectivity index (χ0v) is 11.4. The van der Waals surface area contributed by atoms with Gasteiger partial charge in [0.05, 0.1) is 0 Å². The van der Waals surface area contributed by atoms with Crippen LogP contribution in [0.25, 0.3) is 0 Å². The SMILES string of the molecule is Cc1cc(C)c2c(c1O)C(N)CC2c1ccccc1. The highest BCUT2D eigenvalue weighted by molar-refractivity contribution is 5.57. The third-order valence-electron chi connectivity index (χ3n) is 4.19. The molecule has 0 radical (unpaired) electrons. The number of benzene rings is 2. The van der Waals surface area contributed by atoms with Gasteiger partial charge in [0.2, 0.25) is 0 Å². The molecule has 2 aromatic carbocycles. The van der Waals surface area contributed by atoms with Crippen molar-refractivity contribution < 1.29 is 5.11 Å². The van der Waals surface area contributed by atoms with E-state index in [4.69, 9.17) is 5.73 Å². The van der Waals surface area contributed by atoms with Crippen molar-refractivity contribution in [2.75, 3.05) is 0 Å². The molecule has 2 unspecified atom stereocenters. The maximum Gasteiger partial charge on any atom is 0.123 e. The highest BCUT2D eigenvalue weighted by Gasteiger charge is 2.34. The summed E-state index contributed by atoms with van der Waals surface area (Å²) in [7, 11) is 0. The van der Waals surface area contributed by atoms with Crippen molar-refractivity contribution in [1.82, 2.24) is 0 Å². The molecule has 2 nitrogen and oxygen atoms in total. The monoisotopic (exact) mass is 253 g/mol. The van der Waals surface area contributed by atoms with E-state index in [0.717, 1.165) is 17.5 Å². The molecule has 0 heterocycles. The van der Waals surface area contributed by atoms with Crippen LogP contribution in [0.5, 0.6) is 5.75 Å². The molecular formula is C17H19NO. The first kappa shape index (κ1) is 12.2. The maximum absolute atomic E-state index is 10.3. The largest absolute Gasteiger partial charge is 0.507 e. The molecule has 3 rings (SSSR count). The van der Waals surface area contributed by atoms with Crippen LogP contribution in [0.3, 0.4) is 0 Å². The molecular weight excluding hydrogens is 234 g/mol. The van der Waals surface area contributed by atoms with Gasteiger partial charge in [-0.3, -0.25) is 0 Å². The third-order valence-corrected chi connectivity index (χ3v) is 4.19. The summed E-state index contributed by atoms with van der Waals surface area (Å²) in [6.45, 7) is 4.05. The number of hydrogen-bond donors (Lipinski definition) is 2. The number of aromatic hydroxyl groups is 1. The fourth-order valence-electron chi connectivity index (χ4n) is 3.34. The summed E-state index contributed by atoms with van der Waals surface area (Å²) in [6.07, 6.45) is 0.872. The van der Waals surface area contributed by atoms with Crippen molar-refractivity contribution in [2.24, 2.45) is 5.73 Å². The van der Waals surface area contributed by atoms with Crippen LogP contribution < -0.4 is 5.73 Å². The number of phenolic OH excluding ortho intramolecular Hbond substituents is 1. The van der Waals surface area contributed by atoms with Crippen molar-refractivity contribution in [3.8, 4) is 5.75 Å². The van der Waals surface area contributed by atoms with E-state index < -0.39 is 0 Å². The molecule has 0 saturated carbocycles. The fourth-order valence-corrected chi connectivity index (χ4v) is 3.34. The van der Waals surface area contributed by atoms with E-state index in [1.165, 1.54) is 16.7 Å². The molecule has 2 aromatic rings. The lowest BCUT2D eigenvalue weighted by Crippen LogP contribution is -2.06. The van der Waals surface area contributed by atoms with E-state index in [1.807, 2.05) is 13.0 Å². The second-order valence-electron chi connectivity index (χ2n) is 5.49. The zero-order valence-electron chi connectivity index (χ0n) is 11.4. The fraction of sp³-hybridized carbons (Fsp3) is 0.294. The van der Waals surface area contributed by atoms with E-state index in [0.29, 0.717) is 11.7 Å². The molecule has 19 heavy (non-hydrogen) atoms. The quantitative estimate of drug-likeness (QED) is 0.816. The van der Waals surface area contributed by atoms with Crippen LogP contribution in [0.2, 0.25) is 0 Å². The Kier molecular flexibility index (Phi) is 2.83. The summed E-state index contributed by atoms with van der Waals surface area (Å²) in [5.41, 5.74) is 11.9. The Morgan fingerprint density at radius 2 is 1.74 bits per heavy atom. The molecule has 3 N–H and O–H groups in total. The maximum atomic E-state index is 10.3. The lowest BCUT2D eigenvalue weighted by Gasteiger charge is -2.16. The van der Waals surface area contributed by atoms with Crippen molar-refractivity contribution in [3.63, 3.8) is 0 Å². The molecule has 0 spiro atoms. The topological polar surface area (TPSA) is 46.2 Å². The van der Waals surface area contributed by atoms with Crippen molar-refractivity contribution in [1.29, 1.82) is 0 Å². The van der Waals surface area contributed by atoms with Crippen molar-refractivity contribution >= 4 is 0 Å². The van der Waals surface area contributed by atoms with Gasteiger partial charge in [-0.1, -0.05) is 36.4 Å². The summed E-state index contributed by atoms with van der Waals surface area (Å²) in [6, 6.07) is 12.4. The molecule has 0 fully saturated rings. The van der Waals surface area contributed by atoms with Crippen LogP contribution in [0.15, 0.2) is 36.4 Å². The molecule has 1 aliphatic rings. The molecule has 1 aliphatic carbocycles. The Morgan fingerprint density at radius 1 is 1.05 bits per heavy atom. The van der Waals surface area contributed by atoms with Gasteiger partial charge in [0.1, 0.15) is 5.75 Å². The van der Waals surface area contributed by atoms with E-state index in [2.05, 4.69) is 37.3 Å². The predicted octanol–water partition coefficient (Wildman–Crippen LogP) is 3.54. The van der Waals surface area contributed by atoms with Crippen LogP contribution in [0, 0.1) is 13.8 Å². The van der Waals surface area contributed by atoms with Crippen molar-refractivity contribution in [3.05, 3.63) is 64.2 Å². The second kappa shape index (κ2) is 4.39. The third kappa shape index (κ3) is 1.83. The molecule has 0 amide bonds. The van der Waals surface area contributed by atoms with E-state index in [9.17, 15) is 5.11 Å². The van der Waals surface area contributed by atoms with Gasteiger partial charge in [-0.05, 0) is 42.5 Å². The zero-order chi connectivity index (χ0) is 13.6. The van der Waals surface area contributed by atoms with Crippen LogP contribution in [-0.4, -0.2) is 5.11 Å². The summed E-state index contributed by atoms with van der Waals surface area (Å²) < 4.78 is 0. The van der Waals surface area contributed by atoms with Gasteiger partial charge in [-0.15, -0.1) is 0 Å². The number of fused-ring (bicyclic) bond motifs is 1. The standard InChI is InChI=1S/C17H19NO/c1-10-8-11(2)17(19)16-14(18)9-13(15(10)16)12-6-4-3-5-7-12/h3-8,13-14,19H,9,18H2,1-2H3. The first-order chi connectivity index (χ1) is 9.09. The van der Waals surface area contributed by atoms with Gasteiger partial charge in [0.15, 0.2) is 0 Å². The van der Waals surface area contributed by atoms with Gasteiger partial charge >= 0.3 is 0 Å². The Morgan fingerprint density at radius 3 is 2.42 bits per heavy atom. The summed E-state index contributed by atoms with van der Waals surface area (Å²) >= 11 is 0. The van der Waals surface area contributed by atoms with Gasteiger partial charge in [0.25, 0.3) is 0 Å². The van der Waals surface area contributed by atoms with Gasteiger partial charge < -0.3 is 10.8 Å². The van der Waals surface area contributed by atoms with E-state index >= 15 is 0 Å². The molecule has 98 valence electrons. The minimum atomic E-state index is -0.0705. The van der Waals surface area contributed by atoms with Crippen LogP contribution in [0.1, 0.15) is 46.2 Å². The van der Waals surface area contributed by atoms with Crippen LogP contribution >= 0.6 is 0 Å². The smallest absolute Gasteiger partial charge is 0.123 e. The number of rotatable bonds is 1. The van der Waals surface area contributed by atoms with Gasteiger partial charge in [0, 0.05) is 17.5 Å². The Bertz CT molecular complexity index is 619. The minimum absolute atomic E-state index is 0.0705. The first-order valence-corrected chi connectivity index (χ1v) is 6.73. The highest BCUT2D eigenvalue weighted by Crippen LogP contribution is 2.48. The average Bonchev–Trinajstić information content (AvgIpc) is 2.75. The number of nitrogens with two attached hydrogens (primary N) is 1. The summed E-state index contributed by atoms with van der Waals surface area (Å²) in [4.78, 5) is 0. The Balaban J connectivity index is 2.20. The van der Waals surface area contributed by atoms with Crippen LogP contribution in [-0.2, 0) is 0 Å². The van der Waals surface area contributed by atoms with Gasteiger partial charge in [-0.2, -0.15) is 0 Å². The summed E-state index contributed by atoms with van der Waals surface area (Å²) in [5.74, 6) is 0.684. The number of phenols is 1. The highest BCUT2D eigenvalue weighted by atomic mass is 16.3. The molecule has 0 bridgehead atoms. The van der Waals surface area contributed by atoms with E-state index in [1.54, 1.807) is 0 Å². The molecule has 0 saturated heterocycles. The molecule has 2 atom stereocenters. The normalized spacial score (nSPS) is 21.4. The van der Waals surface area contributed by atoms with Crippen molar-refractivity contribution in [2.45, 2.75) is 32.2 Å².